The molecule has 3 amide bonds. The highest BCUT2D eigenvalue weighted by atomic mass is 16.4. The maximum Gasteiger partial charge on any atom is 0.277 e. The van der Waals surface area contributed by atoms with E-state index in [9.17, 15) is 14.4 Å². The summed E-state index contributed by atoms with van der Waals surface area (Å²) in [4.78, 5) is 39.4. The van der Waals surface area contributed by atoms with Crippen molar-refractivity contribution in [1.29, 1.82) is 0 Å². The second-order valence-corrected chi connectivity index (χ2v) is 5.79. The standard InChI is InChI=1S/C17H17N3O4/c1-9-16(18-10(2)24-9)17(23)19-13-5-3-4-11(6-13)12-7-14(21)20-15(22)8-12/h3-6,12H,7-8H2,1-2H3,(H,19,23)(H,20,21,22). The van der Waals surface area contributed by atoms with Crippen molar-refractivity contribution in [2.45, 2.75) is 32.6 Å². The minimum atomic E-state index is -0.362. The summed E-state index contributed by atoms with van der Waals surface area (Å²) < 4.78 is 5.26. The first-order chi connectivity index (χ1) is 11.4. The maximum atomic E-state index is 12.3. The van der Waals surface area contributed by atoms with Crippen molar-refractivity contribution in [2.24, 2.45) is 0 Å². The van der Waals surface area contributed by atoms with Crippen molar-refractivity contribution < 1.29 is 18.8 Å². The molecule has 0 saturated carbocycles. The fourth-order valence-corrected chi connectivity index (χ4v) is 2.81. The van der Waals surface area contributed by atoms with E-state index in [4.69, 9.17) is 4.42 Å². The minimum absolute atomic E-state index is 0.181. The van der Waals surface area contributed by atoms with Crippen molar-refractivity contribution >= 4 is 23.4 Å². The monoisotopic (exact) mass is 327 g/mol. The first kappa shape index (κ1) is 15.9. The Morgan fingerprint density at radius 3 is 2.58 bits per heavy atom. The van der Waals surface area contributed by atoms with E-state index < -0.39 is 0 Å². The van der Waals surface area contributed by atoms with Crippen LogP contribution in [0.5, 0.6) is 0 Å². The fourth-order valence-electron chi connectivity index (χ4n) is 2.81. The fraction of sp³-hybridized carbons (Fsp3) is 0.294. The van der Waals surface area contributed by atoms with E-state index in [-0.39, 0.29) is 42.2 Å². The van der Waals surface area contributed by atoms with Crippen molar-refractivity contribution in [2.75, 3.05) is 5.32 Å². The van der Waals surface area contributed by atoms with E-state index in [1.165, 1.54) is 0 Å². The number of hydrogen-bond acceptors (Lipinski definition) is 5. The number of carbonyl (C=O) groups is 3. The molecule has 7 heteroatoms. The van der Waals surface area contributed by atoms with E-state index in [0.717, 1.165) is 5.56 Å². The van der Waals surface area contributed by atoms with Crippen LogP contribution in [0.15, 0.2) is 28.7 Å². The average molecular weight is 327 g/mol. The van der Waals surface area contributed by atoms with Crippen LogP contribution in [-0.4, -0.2) is 22.7 Å². The molecule has 7 nitrogen and oxygen atoms in total. The highest BCUT2D eigenvalue weighted by Gasteiger charge is 2.26. The number of piperidine rings is 1. The van der Waals surface area contributed by atoms with Gasteiger partial charge in [0.1, 0.15) is 5.76 Å². The highest BCUT2D eigenvalue weighted by molar-refractivity contribution is 6.03. The van der Waals surface area contributed by atoms with Crippen LogP contribution < -0.4 is 10.6 Å². The lowest BCUT2D eigenvalue weighted by atomic mass is 9.89. The van der Waals surface area contributed by atoms with Crippen LogP contribution in [0.25, 0.3) is 0 Å². The second-order valence-electron chi connectivity index (χ2n) is 5.79. The van der Waals surface area contributed by atoms with E-state index >= 15 is 0 Å². The largest absolute Gasteiger partial charge is 0.445 e. The van der Waals surface area contributed by atoms with E-state index in [2.05, 4.69) is 15.6 Å². The topological polar surface area (TPSA) is 101 Å². The number of imide groups is 1. The van der Waals surface area contributed by atoms with Gasteiger partial charge in [0.05, 0.1) is 0 Å². The van der Waals surface area contributed by atoms with Gasteiger partial charge in [-0.25, -0.2) is 4.98 Å². The molecular weight excluding hydrogens is 310 g/mol. The third-order valence-electron chi connectivity index (χ3n) is 3.88. The van der Waals surface area contributed by atoms with Gasteiger partial charge in [0.2, 0.25) is 11.8 Å². The third-order valence-corrected chi connectivity index (χ3v) is 3.88. The quantitative estimate of drug-likeness (QED) is 0.840. The van der Waals surface area contributed by atoms with Crippen LogP contribution in [0, 0.1) is 13.8 Å². The number of benzene rings is 1. The Morgan fingerprint density at radius 2 is 1.96 bits per heavy atom. The zero-order chi connectivity index (χ0) is 17.3. The van der Waals surface area contributed by atoms with Crippen molar-refractivity contribution in [3.05, 3.63) is 47.2 Å². The second kappa shape index (κ2) is 6.27. The van der Waals surface area contributed by atoms with E-state index in [1.54, 1.807) is 32.0 Å². The molecule has 1 aliphatic heterocycles. The van der Waals surface area contributed by atoms with Gasteiger partial charge in [-0.1, -0.05) is 12.1 Å². The van der Waals surface area contributed by atoms with Gasteiger partial charge in [-0.2, -0.15) is 0 Å². The summed E-state index contributed by atoms with van der Waals surface area (Å²) in [6.07, 6.45) is 0.509. The Kier molecular flexibility index (Phi) is 4.16. The molecule has 1 aliphatic rings. The van der Waals surface area contributed by atoms with Gasteiger partial charge in [0.25, 0.3) is 5.91 Å². The predicted molar refractivity (Wildman–Crippen MR) is 85.5 cm³/mol. The highest BCUT2D eigenvalue weighted by Crippen LogP contribution is 2.28. The minimum Gasteiger partial charge on any atom is -0.445 e. The Bertz CT molecular complexity index is 809. The number of hydrogen-bond donors (Lipinski definition) is 2. The van der Waals surface area contributed by atoms with Crippen LogP contribution in [0.4, 0.5) is 5.69 Å². The molecule has 0 unspecified atom stereocenters. The van der Waals surface area contributed by atoms with Gasteiger partial charge in [-0.15, -0.1) is 0 Å². The molecule has 2 aromatic rings. The summed E-state index contributed by atoms with van der Waals surface area (Å²) >= 11 is 0. The maximum absolute atomic E-state index is 12.3. The number of rotatable bonds is 3. The van der Waals surface area contributed by atoms with Crippen LogP contribution in [0.1, 0.15) is 46.5 Å². The van der Waals surface area contributed by atoms with Crippen molar-refractivity contribution in [3.63, 3.8) is 0 Å². The lowest BCUT2D eigenvalue weighted by Crippen LogP contribution is -2.37. The Balaban J connectivity index is 1.78. The molecule has 0 atom stereocenters. The smallest absolute Gasteiger partial charge is 0.277 e. The molecule has 1 saturated heterocycles. The summed E-state index contributed by atoms with van der Waals surface area (Å²) in [6, 6.07) is 7.14. The lowest BCUT2D eigenvalue weighted by molar-refractivity contribution is -0.133. The first-order valence-corrected chi connectivity index (χ1v) is 7.60. The van der Waals surface area contributed by atoms with E-state index in [1.807, 2.05) is 6.07 Å². The number of carbonyl (C=O) groups excluding carboxylic acids is 3. The Hall–Kier alpha value is -2.96. The molecule has 124 valence electrons. The van der Waals surface area contributed by atoms with Crippen molar-refractivity contribution in [3.8, 4) is 0 Å². The third kappa shape index (κ3) is 3.34. The molecular formula is C17H17N3O4. The molecule has 0 spiro atoms. The molecule has 3 rings (SSSR count). The number of nitrogens with one attached hydrogen (secondary N) is 2. The molecule has 2 heterocycles. The molecule has 0 aliphatic carbocycles. The van der Waals surface area contributed by atoms with Crippen LogP contribution >= 0.6 is 0 Å². The Labute approximate surface area is 138 Å². The number of amides is 3. The number of aryl methyl sites for hydroxylation is 2. The van der Waals surface area contributed by atoms with Crippen LogP contribution in [0.3, 0.4) is 0 Å². The summed E-state index contributed by atoms with van der Waals surface area (Å²) in [5, 5.41) is 5.06. The number of aromatic nitrogens is 1. The number of nitrogens with zero attached hydrogens (tertiary/aromatic N) is 1. The SMILES string of the molecule is Cc1nc(C(=O)Nc2cccc(C3CC(=O)NC(=O)C3)c2)c(C)o1. The zero-order valence-corrected chi connectivity index (χ0v) is 13.4. The van der Waals surface area contributed by atoms with Crippen LogP contribution in [-0.2, 0) is 9.59 Å². The predicted octanol–water partition coefficient (Wildman–Crippen LogP) is 2.06. The molecule has 24 heavy (non-hydrogen) atoms. The molecule has 1 aromatic heterocycles. The van der Waals surface area contributed by atoms with Gasteiger partial charge < -0.3 is 9.73 Å². The molecule has 0 radical (unpaired) electrons. The van der Waals surface area contributed by atoms with Gasteiger partial charge in [0.15, 0.2) is 11.6 Å². The van der Waals surface area contributed by atoms with Gasteiger partial charge in [-0.05, 0) is 24.6 Å². The first-order valence-electron chi connectivity index (χ1n) is 7.60. The average Bonchev–Trinajstić information content (AvgIpc) is 2.85. The van der Waals surface area contributed by atoms with E-state index in [0.29, 0.717) is 17.3 Å². The van der Waals surface area contributed by atoms with Crippen molar-refractivity contribution in [1.82, 2.24) is 10.3 Å². The number of anilines is 1. The summed E-state index contributed by atoms with van der Waals surface area (Å²) in [5.74, 6) is -0.217. The van der Waals surface area contributed by atoms with Gasteiger partial charge in [0, 0.05) is 31.4 Å². The molecule has 1 fully saturated rings. The Morgan fingerprint density at radius 1 is 1.25 bits per heavy atom. The zero-order valence-electron chi connectivity index (χ0n) is 13.4. The number of oxazole rings is 1. The summed E-state index contributed by atoms with van der Waals surface area (Å²) in [7, 11) is 0. The van der Waals surface area contributed by atoms with Gasteiger partial charge in [-0.3, -0.25) is 19.7 Å². The van der Waals surface area contributed by atoms with Gasteiger partial charge >= 0.3 is 0 Å². The summed E-state index contributed by atoms with van der Waals surface area (Å²) in [6.45, 7) is 3.35. The molecule has 0 bridgehead atoms. The van der Waals surface area contributed by atoms with Crippen LogP contribution in [0.2, 0.25) is 0 Å². The molecule has 1 aromatic carbocycles. The normalized spacial score (nSPS) is 15.2. The molecule has 2 N–H and O–H groups in total. The summed E-state index contributed by atoms with van der Waals surface area (Å²) in [5.41, 5.74) is 1.66. The lowest BCUT2D eigenvalue weighted by Gasteiger charge is -2.21.